The standard InChI is InChI=1S/C14H28N4/c1-6-7-16-14(4,10-15)12-18-9-8-17(5)13(2,3)11-18/h16H,6-9,11-12H2,1-5H3. The van der Waals surface area contributed by atoms with Crippen molar-refractivity contribution in [1.29, 1.82) is 5.26 Å². The van der Waals surface area contributed by atoms with Crippen molar-refractivity contribution in [2.45, 2.75) is 45.2 Å². The summed E-state index contributed by atoms with van der Waals surface area (Å²) in [7, 11) is 2.18. The number of nitrogens with one attached hydrogen (secondary N) is 1. The molecule has 1 atom stereocenters. The monoisotopic (exact) mass is 252 g/mol. The molecule has 1 heterocycles. The molecule has 18 heavy (non-hydrogen) atoms. The summed E-state index contributed by atoms with van der Waals surface area (Å²) < 4.78 is 0. The summed E-state index contributed by atoms with van der Waals surface area (Å²) in [4.78, 5) is 4.80. The maximum atomic E-state index is 9.38. The fourth-order valence-corrected chi connectivity index (χ4v) is 2.45. The number of nitriles is 1. The van der Waals surface area contributed by atoms with Gasteiger partial charge in [0.05, 0.1) is 6.07 Å². The van der Waals surface area contributed by atoms with E-state index in [0.717, 1.165) is 39.1 Å². The molecule has 0 saturated carbocycles. The van der Waals surface area contributed by atoms with E-state index in [-0.39, 0.29) is 5.54 Å². The Labute approximate surface area is 112 Å². The van der Waals surface area contributed by atoms with Gasteiger partial charge in [-0.25, -0.2) is 0 Å². The van der Waals surface area contributed by atoms with Crippen LogP contribution in [0.4, 0.5) is 0 Å². The first kappa shape index (κ1) is 15.4. The van der Waals surface area contributed by atoms with Crippen LogP contribution in [-0.4, -0.2) is 60.6 Å². The first-order valence-electron chi connectivity index (χ1n) is 6.93. The van der Waals surface area contributed by atoms with Gasteiger partial charge < -0.3 is 0 Å². The lowest BCUT2D eigenvalue weighted by atomic mass is 9.96. The summed E-state index contributed by atoms with van der Waals surface area (Å²) >= 11 is 0. The normalized spacial score (nSPS) is 24.4. The Balaban J connectivity index is 2.58. The molecule has 0 aromatic carbocycles. The number of hydrogen-bond donors (Lipinski definition) is 1. The van der Waals surface area contributed by atoms with Crippen molar-refractivity contribution in [2.24, 2.45) is 0 Å². The van der Waals surface area contributed by atoms with E-state index in [1.165, 1.54) is 0 Å². The summed E-state index contributed by atoms with van der Waals surface area (Å²) in [5.41, 5.74) is -0.235. The second kappa shape index (κ2) is 6.01. The molecule has 1 aliphatic rings. The first-order valence-corrected chi connectivity index (χ1v) is 6.93. The number of rotatable bonds is 5. The number of piperazine rings is 1. The van der Waals surface area contributed by atoms with Gasteiger partial charge in [-0.3, -0.25) is 15.1 Å². The molecule has 0 aliphatic carbocycles. The van der Waals surface area contributed by atoms with E-state index in [1.54, 1.807) is 0 Å². The predicted molar refractivity (Wildman–Crippen MR) is 75.5 cm³/mol. The SMILES string of the molecule is CCCNC(C)(C#N)CN1CCN(C)C(C)(C)C1. The van der Waals surface area contributed by atoms with Crippen LogP contribution in [-0.2, 0) is 0 Å². The first-order chi connectivity index (χ1) is 8.33. The van der Waals surface area contributed by atoms with Crippen LogP contribution < -0.4 is 5.32 Å². The van der Waals surface area contributed by atoms with Crippen molar-refractivity contribution in [1.82, 2.24) is 15.1 Å². The maximum Gasteiger partial charge on any atom is 0.116 e. The van der Waals surface area contributed by atoms with Crippen LogP contribution in [0, 0.1) is 11.3 Å². The molecule has 1 saturated heterocycles. The topological polar surface area (TPSA) is 42.3 Å². The largest absolute Gasteiger partial charge is 0.299 e. The summed E-state index contributed by atoms with van der Waals surface area (Å²) in [5.74, 6) is 0. The zero-order chi connectivity index (χ0) is 13.8. The highest BCUT2D eigenvalue weighted by Gasteiger charge is 2.34. The van der Waals surface area contributed by atoms with E-state index in [4.69, 9.17) is 0 Å². The zero-order valence-corrected chi connectivity index (χ0v) is 12.6. The second-order valence-corrected chi connectivity index (χ2v) is 6.32. The Morgan fingerprint density at radius 3 is 2.56 bits per heavy atom. The van der Waals surface area contributed by atoms with Crippen molar-refractivity contribution >= 4 is 0 Å². The lowest BCUT2D eigenvalue weighted by molar-refractivity contribution is 0.0314. The molecule has 1 unspecified atom stereocenters. The fraction of sp³-hybridized carbons (Fsp3) is 0.929. The van der Waals surface area contributed by atoms with E-state index < -0.39 is 5.54 Å². The van der Waals surface area contributed by atoms with Crippen LogP contribution in [0.2, 0.25) is 0 Å². The molecule has 1 rings (SSSR count). The van der Waals surface area contributed by atoms with E-state index in [9.17, 15) is 5.26 Å². The summed E-state index contributed by atoms with van der Waals surface area (Å²) in [5, 5.41) is 12.7. The molecule has 0 amide bonds. The van der Waals surface area contributed by atoms with Crippen LogP contribution in [0.15, 0.2) is 0 Å². The number of hydrogen-bond acceptors (Lipinski definition) is 4. The highest BCUT2D eigenvalue weighted by molar-refractivity contribution is 5.06. The quantitative estimate of drug-likeness (QED) is 0.801. The van der Waals surface area contributed by atoms with Gasteiger partial charge in [-0.05, 0) is 40.8 Å². The number of nitrogens with zero attached hydrogens (tertiary/aromatic N) is 3. The van der Waals surface area contributed by atoms with Gasteiger partial charge in [0.25, 0.3) is 0 Å². The Morgan fingerprint density at radius 1 is 1.39 bits per heavy atom. The van der Waals surface area contributed by atoms with E-state index in [1.807, 2.05) is 6.92 Å². The Kier molecular flexibility index (Phi) is 5.15. The third-order valence-corrected chi connectivity index (χ3v) is 3.95. The van der Waals surface area contributed by atoms with Gasteiger partial charge in [-0.2, -0.15) is 5.26 Å². The minimum absolute atomic E-state index is 0.194. The molecule has 0 aromatic rings. The highest BCUT2D eigenvalue weighted by Crippen LogP contribution is 2.20. The van der Waals surface area contributed by atoms with Gasteiger partial charge in [0.1, 0.15) is 5.54 Å². The lowest BCUT2D eigenvalue weighted by Gasteiger charge is -2.46. The van der Waals surface area contributed by atoms with Crippen molar-refractivity contribution in [3.8, 4) is 6.07 Å². The predicted octanol–water partition coefficient (Wildman–Crippen LogP) is 1.29. The molecule has 1 fully saturated rings. The molecule has 0 aromatic heterocycles. The molecule has 1 N–H and O–H groups in total. The lowest BCUT2D eigenvalue weighted by Crippen LogP contribution is -2.61. The van der Waals surface area contributed by atoms with Crippen molar-refractivity contribution in [3.63, 3.8) is 0 Å². The third kappa shape index (κ3) is 3.94. The summed E-state index contributed by atoms with van der Waals surface area (Å²) in [6.45, 7) is 13.5. The third-order valence-electron chi connectivity index (χ3n) is 3.95. The molecule has 0 spiro atoms. The van der Waals surface area contributed by atoms with Crippen LogP contribution in [0.3, 0.4) is 0 Å². The van der Waals surface area contributed by atoms with Gasteiger partial charge in [0, 0.05) is 31.7 Å². The average Bonchev–Trinajstić information content (AvgIpc) is 2.31. The van der Waals surface area contributed by atoms with Crippen LogP contribution in [0.1, 0.15) is 34.1 Å². The fourth-order valence-electron chi connectivity index (χ4n) is 2.45. The van der Waals surface area contributed by atoms with Crippen LogP contribution in [0.5, 0.6) is 0 Å². The summed E-state index contributed by atoms with van der Waals surface area (Å²) in [6, 6.07) is 2.43. The maximum absolute atomic E-state index is 9.38. The zero-order valence-electron chi connectivity index (χ0n) is 12.6. The van der Waals surface area contributed by atoms with E-state index in [0.29, 0.717) is 0 Å². The van der Waals surface area contributed by atoms with Gasteiger partial charge in [-0.1, -0.05) is 6.92 Å². The van der Waals surface area contributed by atoms with E-state index >= 15 is 0 Å². The van der Waals surface area contributed by atoms with Crippen molar-refractivity contribution < 1.29 is 0 Å². The van der Waals surface area contributed by atoms with Crippen LogP contribution in [0.25, 0.3) is 0 Å². The average molecular weight is 252 g/mol. The van der Waals surface area contributed by atoms with Gasteiger partial charge in [-0.15, -0.1) is 0 Å². The minimum Gasteiger partial charge on any atom is -0.299 e. The molecule has 0 bridgehead atoms. The van der Waals surface area contributed by atoms with Crippen LogP contribution >= 0.6 is 0 Å². The molecule has 104 valence electrons. The summed E-state index contributed by atoms with van der Waals surface area (Å²) in [6.07, 6.45) is 1.06. The van der Waals surface area contributed by atoms with Gasteiger partial charge in [0.15, 0.2) is 0 Å². The molecular weight excluding hydrogens is 224 g/mol. The Morgan fingerprint density at radius 2 is 2.06 bits per heavy atom. The van der Waals surface area contributed by atoms with Crippen molar-refractivity contribution in [2.75, 3.05) is 39.8 Å². The number of likely N-dealkylation sites (N-methyl/N-ethyl adjacent to an activating group) is 1. The molecule has 1 aliphatic heterocycles. The van der Waals surface area contributed by atoms with Gasteiger partial charge >= 0.3 is 0 Å². The smallest absolute Gasteiger partial charge is 0.116 e. The van der Waals surface area contributed by atoms with Crippen molar-refractivity contribution in [3.05, 3.63) is 0 Å². The molecule has 0 radical (unpaired) electrons. The van der Waals surface area contributed by atoms with Gasteiger partial charge in [0.2, 0.25) is 0 Å². The molecule has 4 nitrogen and oxygen atoms in total. The Bertz CT molecular complexity index is 307. The highest BCUT2D eigenvalue weighted by atomic mass is 15.3. The molecule has 4 heteroatoms. The van der Waals surface area contributed by atoms with E-state index in [2.05, 4.69) is 49.0 Å². The Hall–Kier alpha value is -0.630. The minimum atomic E-state index is -0.429. The second-order valence-electron chi connectivity index (χ2n) is 6.32. The molecular formula is C14H28N4.